The first-order valence-electron chi connectivity index (χ1n) is 10.0. The van der Waals surface area contributed by atoms with Crippen molar-refractivity contribution in [1.82, 2.24) is 14.9 Å². The second-order valence-electron chi connectivity index (χ2n) is 7.97. The van der Waals surface area contributed by atoms with Crippen LogP contribution in [0.5, 0.6) is 0 Å². The van der Waals surface area contributed by atoms with Crippen molar-refractivity contribution >= 4 is 22.6 Å². The molecule has 3 aromatic rings. The van der Waals surface area contributed by atoms with Gasteiger partial charge in [-0.05, 0) is 17.7 Å². The molecule has 0 unspecified atom stereocenters. The number of alkyl halides is 3. The predicted octanol–water partition coefficient (Wildman–Crippen LogP) is 3.74. The van der Waals surface area contributed by atoms with Gasteiger partial charge in [0.1, 0.15) is 17.3 Å². The maximum absolute atomic E-state index is 14.9. The number of likely N-dealkylation sites (N-methyl/N-ethyl adjacent to an activating group) is 1. The molecule has 0 bridgehead atoms. The lowest BCUT2D eigenvalue weighted by molar-refractivity contribution is -0.141. The minimum Gasteiger partial charge on any atom is -0.383 e. The maximum Gasteiger partial charge on any atom is 0.433 e. The second-order valence-corrected chi connectivity index (χ2v) is 7.97. The number of nitrogens with two attached hydrogens (primary N) is 1. The summed E-state index contributed by atoms with van der Waals surface area (Å²) >= 11 is 0. The molecule has 2 aliphatic rings. The number of halogens is 4. The van der Waals surface area contributed by atoms with Gasteiger partial charge in [0.05, 0.1) is 49.2 Å². The minimum atomic E-state index is -4.60. The quantitative estimate of drug-likeness (QED) is 0.584. The number of hydrogen-bond donors (Lipinski definition) is 1. The molecule has 7 nitrogen and oxygen atoms in total. The summed E-state index contributed by atoms with van der Waals surface area (Å²) in [6.45, 7) is 0.485. The summed E-state index contributed by atoms with van der Waals surface area (Å²) in [5, 5.41) is 0.562. The monoisotopic (exact) mass is 462 g/mol. The molecule has 172 valence electrons. The Morgan fingerprint density at radius 2 is 1.88 bits per heavy atom. The van der Waals surface area contributed by atoms with E-state index < -0.39 is 29.6 Å². The first-order valence-corrected chi connectivity index (χ1v) is 10.0. The van der Waals surface area contributed by atoms with Crippen LogP contribution in [0.2, 0.25) is 0 Å². The normalized spacial score (nSPS) is 17.7. The van der Waals surface area contributed by atoms with Crippen molar-refractivity contribution in [1.29, 1.82) is 0 Å². The van der Waals surface area contributed by atoms with Crippen molar-refractivity contribution in [2.45, 2.75) is 32.0 Å². The van der Waals surface area contributed by atoms with Crippen LogP contribution in [-0.2, 0) is 35.5 Å². The van der Waals surface area contributed by atoms with Crippen LogP contribution in [-0.4, -0.2) is 34.4 Å². The summed E-state index contributed by atoms with van der Waals surface area (Å²) in [6, 6.07) is 3.98. The van der Waals surface area contributed by atoms with Gasteiger partial charge in [0, 0.05) is 29.6 Å². The van der Waals surface area contributed by atoms with Crippen LogP contribution in [0.1, 0.15) is 44.5 Å². The highest BCUT2D eigenvalue weighted by atomic mass is 19.4. The number of aromatic nitrogens is 2. The van der Waals surface area contributed by atoms with Gasteiger partial charge in [0.15, 0.2) is 0 Å². The number of amides is 1. The average Bonchev–Trinajstić information content (AvgIpc) is 3.27. The molecule has 2 aromatic heterocycles. The Balaban J connectivity index is 1.52. The number of benzene rings is 1. The predicted molar refractivity (Wildman–Crippen MR) is 108 cm³/mol. The van der Waals surface area contributed by atoms with E-state index in [4.69, 9.17) is 15.2 Å². The van der Waals surface area contributed by atoms with Gasteiger partial charge < -0.3 is 20.1 Å². The summed E-state index contributed by atoms with van der Waals surface area (Å²) in [6.07, 6.45) is -4.60. The Kier molecular flexibility index (Phi) is 4.98. The van der Waals surface area contributed by atoms with Crippen molar-refractivity contribution < 1.29 is 31.8 Å². The lowest BCUT2D eigenvalue weighted by Crippen LogP contribution is -2.37. The van der Waals surface area contributed by atoms with Crippen molar-refractivity contribution in [3.63, 3.8) is 0 Å². The van der Waals surface area contributed by atoms with Gasteiger partial charge in [-0.3, -0.25) is 4.79 Å². The number of hydrogen-bond acceptors (Lipinski definition) is 6. The SMILES string of the molecule is CN(C(=O)c1cc2c3c(c(N)nc2cc1F)COC3)[C@@H]1COCc2nc(C(F)(F)F)ccc21. The van der Waals surface area contributed by atoms with Gasteiger partial charge in [-0.2, -0.15) is 13.2 Å². The van der Waals surface area contributed by atoms with Crippen LogP contribution in [0.4, 0.5) is 23.4 Å². The molecule has 33 heavy (non-hydrogen) atoms. The number of ether oxygens (including phenoxy) is 2. The standard InChI is InChI=1S/C22H18F4N4O3/c1-30(18-9-33-8-17-10(18)2-3-19(28-17)22(24,25)26)21(31)12-4-11-13-6-32-7-14(13)20(27)29-16(11)5-15(12)23/h2-5,18H,6-9H2,1H3,(H2,27,29)/t18-/m1/s1. The summed E-state index contributed by atoms with van der Waals surface area (Å²) in [5.74, 6) is -1.18. The molecule has 2 N–H and O–H groups in total. The summed E-state index contributed by atoms with van der Waals surface area (Å²) in [7, 11) is 1.45. The Bertz CT molecular complexity index is 1300. The fraction of sp³-hybridized carbons (Fsp3) is 0.318. The third-order valence-electron chi connectivity index (χ3n) is 6.01. The molecule has 0 radical (unpaired) electrons. The van der Waals surface area contributed by atoms with Crippen LogP contribution < -0.4 is 5.73 Å². The highest BCUT2D eigenvalue weighted by molar-refractivity contribution is 5.99. The fourth-order valence-electron chi connectivity index (χ4n) is 4.25. The van der Waals surface area contributed by atoms with Gasteiger partial charge in [0.25, 0.3) is 5.91 Å². The third-order valence-corrected chi connectivity index (χ3v) is 6.01. The Labute approximate surface area is 185 Å². The Hall–Kier alpha value is -3.31. The molecule has 0 saturated carbocycles. The molecule has 0 fully saturated rings. The van der Waals surface area contributed by atoms with E-state index in [1.54, 1.807) is 0 Å². The smallest absolute Gasteiger partial charge is 0.383 e. The summed E-state index contributed by atoms with van der Waals surface area (Å²) in [4.78, 5) is 22.4. The molecular weight excluding hydrogens is 444 g/mol. The molecule has 1 atom stereocenters. The molecule has 0 spiro atoms. The van der Waals surface area contributed by atoms with Crippen LogP contribution >= 0.6 is 0 Å². The first kappa shape index (κ1) is 21.5. The zero-order chi connectivity index (χ0) is 23.5. The van der Waals surface area contributed by atoms with Crippen LogP contribution in [0.15, 0.2) is 24.3 Å². The zero-order valence-electron chi connectivity index (χ0n) is 17.4. The van der Waals surface area contributed by atoms with E-state index in [1.807, 2.05) is 0 Å². The lowest BCUT2D eigenvalue weighted by atomic mass is 9.99. The minimum absolute atomic E-state index is 0.0405. The number of pyridine rings is 2. The maximum atomic E-state index is 14.9. The van der Waals surface area contributed by atoms with Gasteiger partial charge in [-0.15, -0.1) is 0 Å². The van der Waals surface area contributed by atoms with E-state index in [0.717, 1.165) is 17.7 Å². The molecule has 11 heteroatoms. The van der Waals surface area contributed by atoms with Gasteiger partial charge in [-0.25, -0.2) is 14.4 Å². The largest absolute Gasteiger partial charge is 0.433 e. The number of anilines is 1. The molecule has 0 aliphatic carbocycles. The highest BCUT2D eigenvalue weighted by Gasteiger charge is 2.36. The van der Waals surface area contributed by atoms with Gasteiger partial charge in [-0.1, -0.05) is 6.07 Å². The Morgan fingerprint density at radius 1 is 1.12 bits per heavy atom. The molecule has 4 heterocycles. The number of rotatable bonds is 2. The lowest BCUT2D eigenvalue weighted by Gasteiger charge is -2.33. The molecular formula is C22H18F4N4O3. The van der Waals surface area contributed by atoms with Crippen molar-refractivity contribution in [2.75, 3.05) is 19.4 Å². The molecule has 5 rings (SSSR count). The van der Waals surface area contributed by atoms with Crippen molar-refractivity contribution in [3.8, 4) is 0 Å². The van der Waals surface area contributed by atoms with E-state index in [2.05, 4.69) is 9.97 Å². The van der Waals surface area contributed by atoms with E-state index in [1.165, 1.54) is 24.1 Å². The molecule has 2 aliphatic heterocycles. The first-order chi connectivity index (χ1) is 15.6. The number of carbonyl (C=O) groups excluding carboxylic acids is 1. The third kappa shape index (κ3) is 3.57. The van der Waals surface area contributed by atoms with Crippen LogP contribution in [0.25, 0.3) is 10.9 Å². The topological polar surface area (TPSA) is 90.6 Å². The average molecular weight is 462 g/mol. The molecule has 0 saturated heterocycles. The van der Waals surface area contributed by atoms with Crippen molar-refractivity contribution in [3.05, 3.63) is 63.7 Å². The summed E-state index contributed by atoms with van der Waals surface area (Å²) < 4.78 is 64.8. The zero-order valence-corrected chi connectivity index (χ0v) is 17.4. The number of fused-ring (bicyclic) bond motifs is 4. The van der Waals surface area contributed by atoms with Crippen LogP contribution in [0.3, 0.4) is 0 Å². The van der Waals surface area contributed by atoms with Crippen molar-refractivity contribution in [2.24, 2.45) is 0 Å². The number of carbonyl (C=O) groups is 1. The fourth-order valence-corrected chi connectivity index (χ4v) is 4.25. The van der Waals surface area contributed by atoms with E-state index in [9.17, 15) is 22.4 Å². The van der Waals surface area contributed by atoms with Gasteiger partial charge >= 0.3 is 6.18 Å². The number of nitrogens with zero attached hydrogens (tertiary/aromatic N) is 3. The van der Waals surface area contributed by atoms with Gasteiger partial charge in [0.2, 0.25) is 0 Å². The van der Waals surface area contributed by atoms with Crippen LogP contribution in [0, 0.1) is 5.82 Å². The number of nitrogen functional groups attached to an aromatic ring is 1. The highest BCUT2D eigenvalue weighted by Crippen LogP contribution is 2.35. The molecule has 1 aromatic carbocycles. The Morgan fingerprint density at radius 3 is 2.64 bits per heavy atom. The molecule has 1 amide bonds. The van der Waals surface area contributed by atoms with E-state index in [-0.39, 0.29) is 43.5 Å². The summed E-state index contributed by atoms with van der Waals surface area (Å²) in [5.41, 5.74) is 6.99. The van der Waals surface area contributed by atoms with E-state index >= 15 is 0 Å². The van der Waals surface area contributed by atoms with E-state index in [0.29, 0.717) is 22.0 Å². The second kappa shape index (κ2) is 7.63.